The van der Waals surface area contributed by atoms with Crippen molar-refractivity contribution in [1.82, 2.24) is 20.2 Å². The average Bonchev–Trinajstić information content (AvgIpc) is 2.94. The molecule has 20 heavy (non-hydrogen) atoms. The Hall–Kier alpha value is -2.15. The molecule has 0 saturated carbocycles. The highest BCUT2D eigenvalue weighted by atomic mass is 16.5. The third-order valence-corrected chi connectivity index (χ3v) is 2.97. The number of nitrogen functional groups attached to an aromatic ring is 1. The van der Waals surface area contributed by atoms with Gasteiger partial charge in [0.05, 0.1) is 19.8 Å². The summed E-state index contributed by atoms with van der Waals surface area (Å²) in [6.07, 6.45) is 0. The van der Waals surface area contributed by atoms with Gasteiger partial charge in [0, 0.05) is 17.9 Å². The molecule has 7 nitrogen and oxygen atoms in total. The number of tetrazole rings is 1. The Bertz CT molecular complexity index is 570. The molecule has 7 heteroatoms. The van der Waals surface area contributed by atoms with Crippen LogP contribution in [-0.2, 0) is 4.74 Å². The van der Waals surface area contributed by atoms with Crippen LogP contribution in [0, 0.1) is 0 Å². The second kappa shape index (κ2) is 6.33. The molecule has 1 unspecified atom stereocenters. The summed E-state index contributed by atoms with van der Waals surface area (Å²) in [7, 11) is 1.61. The molecule has 2 rings (SSSR count). The lowest BCUT2D eigenvalue weighted by molar-refractivity contribution is 0.115. The lowest BCUT2D eigenvalue weighted by atomic mass is 10.1. The molecule has 1 aromatic heterocycles. The molecule has 0 saturated heterocycles. The van der Waals surface area contributed by atoms with Gasteiger partial charge in [0.2, 0.25) is 0 Å². The highest BCUT2D eigenvalue weighted by Gasteiger charge is 2.17. The number of benzene rings is 1. The van der Waals surface area contributed by atoms with E-state index in [9.17, 15) is 0 Å². The van der Waals surface area contributed by atoms with Crippen LogP contribution < -0.4 is 10.5 Å². The van der Waals surface area contributed by atoms with Crippen LogP contribution in [0.15, 0.2) is 18.2 Å². The number of ether oxygens (including phenoxy) is 2. The van der Waals surface area contributed by atoms with Crippen LogP contribution in [0.3, 0.4) is 0 Å². The second-order valence-electron chi connectivity index (χ2n) is 4.41. The second-order valence-corrected chi connectivity index (χ2v) is 4.41. The molecule has 2 N–H and O–H groups in total. The Balaban J connectivity index is 2.36. The first-order chi connectivity index (χ1) is 9.67. The van der Waals surface area contributed by atoms with Crippen molar-refractivity contribution in [3.63, 3.8) is 0 Å². The van der Waals surface area contributed by atoms with E-state index in [1.165, 1.54) is 0 Å². The maximum atomic E-state index is 6.01. The summed E-state index contributed by atoms with van der Waals surface area (Å²) in [4.78, 5) is 0. The molecule has 0 amide bonds. The minimum absolute atomic E-state index is 0.0190. The zero-order valence-electron chi connectivity index (χ0n) is 11.9. The zero-order valence-corrected chi connectivity index (χ0v) is 11.9. The van der Waals surface area contributed by atoms with Crippen LogP contribution in [0.1, 0.15) is 19.9 Å². The molecule has 0 bridgehead atoms. The molecular formula is C13H19N5O2. The zero-order chi connectivity index (χ0) is 14.5. The molecule has 0 aliphatic carbocycles. The van der Waals surface area contributed by atoms with Gasteiger partial charge in [-0.25, -0.2) is 4.68 Å². The van der Waals surface area contributed by atoms with Crippen LogP contribution in [-0.4, -0.2) is 40.5 Å². The largest absolute Gasteiger partial charge is 0.497 e. The van der Waals surface area contributed by atoms with E-state index >= 15 is 0 Å². The first-order valence-corrected chi connectivity index (χ1v) is 6.46. The maximum absolute atomic E-state index is 6.01. The molecule has 0 aliphatic rings. The molecule has 0 spiro atoms. The van der Waals surface area contributed by atoms with Crippen molar-refractivity contribution >= 4 is 5.69 Å². The lowest BCUT2D eigenvalue weighted by Gasteiger charge is -2.14. The molecule has 1 aromatic carbocycles. The van der Waals surface area contributed by atoms with Gasteiger partial charge in [0.25, 0.3) is 0 Å². The fourth-order valence-electron chi connectivity index (χ4n) is 1.88. The van der Waals surface area contributed by atoms with Gasteiger partial charge in [-0.3, -0.25) is 0 Å². The quantitative estimate of drug-likeness (QED) is 0.805. The topological polar surface area (TPSA) is 88.1 Å². The molecule has 1 heterocycles. The van der Waals surface area contributed by atoms with E-state index in [0.717, 1.165) is 5.56 Å². The summed E-state index contributed by atoms with van der Waals surface area (Å²) in [6.45, 7) is 5.14. The Kier molecular flexibility index (Phi) is 4.52. The summed E-state index contributed by atoms with van der Waals surface area (Å²) in [5, 5.41) is 11.8. The van der Waals surface area contributed by atoms with Crippen molar-refractivity contribution in [3.05, 3.63) is 18.2 Å². The van der Waals surface area contributed by atoms with Crippen molar-refractivity contribution in [2.24, 2.45) is 0 Å². The van der Waals surface area contributed by atoms with E-state index in [0.29, 0.717) is 30.5 Å². The third-order valence-electron chi connectivity index (χ3n) is 2.97. The van der Waals surface area contributed by atoms with Crippen molar-refractivity contribution in [2.75, 3.05) is 26.1 Å². The number of rotatable bonds is 6. The van der Waals surface area contributed by atoms with Crippen molar-refractivity contribution in [1.29, 1.82) is 0 Å². The fourth-order valence-corrected chi connectivity index (χ4v) is 1.88. The van der Waals surface area contributed by atoms with Crippen LogP contribution in [0.2, 0.25) is 0 Å². The van der Waals surface area contributed by atoms with E-state index in [1.807, 2.05) is 19.9 Å². The van der Waals surface area contributed by atoms with E-state index < -0.39 is 0 Å². The predicted octanol–water partition coefficient (Wildman–Crippen LogP) is 1.53. The summed E-state index contributed by atoms with van der Waals surface area (Å²) < 4.78 is 12.3. The van der Waals surface area contributed by atoms with Gasteiger partial charge < -0.3 is 15.2 Å². The van der Waals surface area contributed by atoms with Gasteiger partial charge in [-0.1, -0.05) is 0 Å². The third kappa shape index (κ3) is 2.88. The Morgan fingerprint density at radius 2 is 2.20 bits per heavy atom. The fraction of sp³-hybridized carbons (Fsp3) is 0.462. The van der Waals surface area contributed by atoms with Crippen LogP contribution >= 0.6 is 0 Å². The highest BCUT2D eigenvalue weighted by Crippen LogP contribution is 2.29. The molecule has 0 aliphatic heterocycles. The molecule has 0 radical (unpaired) electrons. The summed E-state index contributed by atoms with van der Waals surface area (Å²) in [5.41, 5.74) is 7.36. The number of nitrogens with zero attached hydrogens (tertiary/aromatic N) is 4. The van der Waals surface area contributed by atoms with E-state index in [1.54, 1.807) is 23.9 Å². The number of methoxy groups -OCH3 is 1. The number of anilines is 1. The first-order valence-electron chi connectivity index (χ1n) is 6.46. The predicted molar refractivity (Wildman–Crippen MR) is 75.4 cm³/mol. The van der Waals surface area contributed by atoms with Gasteiger partial charge in [-0.05, 0) is 42.5 Å². The summed E-state index contributed by atoms with van der Waals surface area (Å²) >= 11 is 0. The standard InChI is InChI=1S/C13H19N5O2/c1-4-20-8-9(2)18-13(15-16-17-18)11-7-10(19-3)5-6-12(11)14/h5-7,9H,4,8,14H2,1-3H3. The normalized spacial score (nSPS) is 12.3. The van der Waals surface area contributed by atoms with Crippen molar-refractivity contribution in [2.45, 2.75) is 19.9 Å². The van der Waals surface area contributed by atoms with Crippen molar-refractivity contribution < 1.29 is 9.47 Å². The molecule has 2 aromatic rings. The molecule has 1 atom stereocenters. The molecule has 108 valence electrons. The highest BCUT2D eigenvalue weighted by molar-refractivity contribution is 5.73. The summed E-state index contributed by atoms with van der Waals surface area (Å²) in [6, 6.07) is 5.42. The van der Waals surface area contributed by atoms with E-state index in [2.05, 4.69) is 15.5 Å². The monoisotopic (exact) mass is 277 g/mol. The van der Waals surface area contributed by atoms with E-state index in [4.69, 9.17) is 15.2 Å². The first kappa shape index (κ1) is 14.3. The van der Waals surface area contributed by atoms with Crippen LogP contribution in [0.5, 0.6) is 5.75 Å². The number of aromatic nitrogens is 4. The Morgan fingerprint density at radius 3 is 2.90 bits per heavy atom. The van der Waals surface area contributed by atoms with Crippen LogP contribution in [0.25, 0.3) is 11.4 Å². The van der Waals surface area contributed by atoms with Gasteiger partial charge in [-0.15, -0.1) is 5.10 Å². The number of hydrogen-bond acceptors (Lipinski definition) is 6. The minimum Gasteiger partial charge on any atom is -0.497 e. The number of hydrogen-bond donors (Lipinski definition) is 1. The summed E-state index contributed by atoms with van der Waals surface area (Å²) in [5.74, 6) is 1.31. The van der Waals surface area contributed by atoms with Crippen LogP contribution in [0.4, 0.5) is 5.69 Å². The Morgan fingerprint density at radius 1 is 1.40 bits per heavy atom. The molecule has 0 fully saturated rings. The lowest BCUT2D eigenvalue weighted by Crippen LogP contribution is -2.15. The average molecular weight is 277 g/mol. The van der Waals surface area contributed by atoms with Crippen molar-refractivity contribution in [3.8, 4) is 17.1 Å². The maximum Gasteiger partial charge on any atom is 0.184 e. The SMILES string of the molecule is CCOCC(C)n1nnnc1-c1cc(OC)ccc1N. The van der Waals surface area contributed by atoms with Gasteiger partial charge in [-0.2, -0.15) is 0 Å². The smallest absolute Gasteiger partial charge is 0.184 e. The number of nitrogens with two attached hydrogens (primary N) is 1. The molecular weight excluding hydrogens is 258 g/mol. The Labute approximate surface area is 117 Å². The van der Waals surface area contributed by atoms with Gasteiger partial charge in [0.1, 0.15) is 5.75 Å². The van der Waals surface area contributed by atoms with Gasteiger partial charge in [0.15, 0.2) is 5.82 Å². The van der Waals surface area contributed by atoms with E-state index in [-0.39, 0.29) is 6.04 Å². The van der Waals surface area contributed by atoms with Gasteiger partial charge >= 0.3 is 0 Å². The minimum atomic E-state index is 0.0190.